The lowest BCUT2D eigenvalue weighted by atomic mass is 9.87. The number of hydrogen-bond acceptors (Lipinski definition) is 2. The van der Waals surface area contributed by atoms with Crippen molar-refractivity contribution in [3.8, 4) is 22.3 Å². The first-order valence-electron chi connectivity index (χ1n) is 20.6. The highest BCUT2D eigenvalue weighted by atomic mass is 32.1. The lowest BCUT2D eigenvalue weighted by Crippen LogP contribution is -2.10. The van der Waals surface area contributed by atoms with Crippen molar-refractivity contribution in [2.75, 3.05) is 0 Å². The number of rotatable bonds is 2. The minimum absolute atomic E-state index is 0.0336. The van der Waals surface area contributed by atoms with Gasteiger partial charge in [0.15, 0.2) is 0 Å². The number of nitrogens with zero attached hydrogens (tertiary/aromatic N) is 2. The van der Waals surface area contributed by atoms with Crippen molar-refractivity contribution in [2.45, 2.75) is 80.1 Å². The third-order valence-corrected chi connectivity index (χ3v) is 15.2. The molecule has 0 aliphatic rings. The molecule has 7 aromatic carbocycles. The van der Waals surface area contributed by atoms with Crippen LogP contribution in [-0.4, -0.2) is 8.80 Å². The van der Waals surface area contributed by atoms with Gasteiger partial charge in [0.25, 0.3) is 0 Å². The fourth-order valence-electron chi connectivity index (χ4n) is 9.97. The lowest BCUT2D eigenvalue weighted by Gasteiger charge is -2.20. The van der Waals surface area contributed by atoms with Crippen LogP contribution in [0.5, 0.6) is 0 Å². The van der Waals surface area contributed by atoms with E-state index in [1.807, 2.05) is 22.7 Å². The summed E-state index contributed by atoms with van der Waals surface area (Å²) in [4.78, 5) is 0. The predicted octanol–water partition coefficient (Wildman–Crippen LogP) is 16.4. The number of benzene rings is 7. The second-order valence-electron chi connectivity index (χ2n) is 18.8. The molecule has 286 valence electrons. The fraction of sp³-hybridized carbons (Fsp3) is 0.222. The van der Waals surface area contributed by atoms with Crippen molar-refractivity contribution in [2.24, 2.45) is 0 Å². The van der Waals surface area contributed by atoms with E-state index in [1.54, 1.807) is 0 Å². The molecule has 11 rings (SSSR count). The summed E-state index contributed by atoms with van der Waals surface area (Å²) in [7, 11) is 0. The molecule has 0 aliphatic carbocycles. The summed E-state index contributed by atoms with van der Waals surface area (Å²) < 4.78 is 10.6. The highest BCUT2D eigenvalue weighted by Gasteiger charge is 2.27. The van der Waals surface area contributed by atoms with E-state index in [2.05, 4.69) is 187 Å². The Labute approximate surface area is 348 Å². The van der Waals surface area contributed by atoms with Gasteiger partial charge >= 0.3 is 0 Å². The molecule has 2 nitrogen and oxygen atoms in total. The normalized spacial score (nSPS) is 13.0. The highest BCUT2D eigenvalue weighted by molar-refractivity contribution is 7.27. The van der Waals surface area contributed by atoms with Crippen LogP contribution in [0, 0.1) is 27.7 Å². The van der Waals surface area contributed by atoms with Crippen LogP contribution in [0.25, 0.3) is 95.7 Å². The summed E-state index contributed by atoms with van der Waals surface area (Å²) >= 11 is 3.95. The Hall–Kier alpha value is -5.42. The van der Waals surface area contributed by atoms with Crippen LogP contribution < -0.4 is 0 Å². The van der Waals surface area contributed by atoms with Gasteiger partial charge in [0.1, 0.15) is 0 Å². The molecule has 0 N–H and O–H groups in total. The Kier molecular flexibility index (Phi) is 7.43. The molecule has 0 saturated heterocycles. The summed E-state index contributed by atoms with van der Waals surface area (Å²) in [5.41, 5.74) is 21.0. The molecular weight excluding hydrogens is 741 g/mol. The van der Waals surface area contributed by atoms with Crippen LogP contribution in [0.1, 0.15) is 74.9 Å². The second kappa shape index (κ2) is 12.1. The molecule has 4 heterocycles. The molecule has 58 heavy (non-hydrogen) atoms. The van der Waals surface area contributed by atoms with Gasteiger partial charge in [0.05, 0.1) is 51.9 Å². The number of fused-ring (bicyclic) bond motifs is 12. The SMILES string of the molecule is Cc1cccc(C)c1-c1ccc2c3c4sc5cc(C(C)(C)C)ccc5n5c6cc(-c7c(C)cccc7C)ccc6c(c6sc7cc(C(C)(C)C)ccc7n(c2c1)c63)c45. The van der Waals surface area contributed by atoms with Crippen molar-refractivity contribution in [1.29, 1.82) is 0 Å². The fourth-order valence-corrected chi connectivity index (χ4v) is 12.5. The Morgan fingerprint density at radius 3 is 1.16 bits per heavy atom. The maximum Gasteiger partial charge on any atom is 0.0736 e. The van der Waals surface area contributed by atoms with Crippen LogP contribution in [0.2, 0.25) is 0 Å². The monoisotopic (exact) mass is 788 g/mol. The number of aromatic nitrogens is 2. The van der Waals surface area contributed by atoms with Crippen molar-refractivity contribution >= 4 is 96.1 Å². The minimum atomic E-state index is 0.0336. The molecule has 0 atom stereocenters. The Morgan fingerprint density at radius 2 is 0.793 bits per heavy atom. The maximum absolute atomic E-state index is 2.63. The molecule has 0 aliphatic heterocycles. The van der Waals surface area contributed by atoms with Gasteiger partial charge < -0.3 is 8.80 Å². The van der Waals surface area contributed by atoms with Gasteiger partial charge in [-0.05, 0) is 131 Å². The van der Waals surface area contributed by atoms with Gasteiger partial charge in [-0.15, -0.1) is 22.7 Å². The smallest absolute Gasteiger partial charge is 0.0736 e. The third kappa shape index (κ3) is 4.94. The zero-order valence-corrected chi connectivity index (χ0v) is 36.7. The average molecular weight is 789 g/mol. The summed E-state index contributed by atoms with van der Waals surface area (Å²) in [6, 6.07) is 42.3. The second-order valence-corrected chi connectivity index (χ2v) is 20.9. The van der Waals surface area contributed by atoms with E-state index >= 15 is 0 Å². The van der Waals surface area contributed by atoms with E-state index < -0.39 is 0 Å². The van der Waals surface area contributed by atoms with Gasteiger partial charge in [-0.1, -0.05) is 114 Å². The molecule has 4 aromatic heterocycles. The molecule has 11 aromatic rings. The van der Waals surface area contributed by atoms with Crippen molar-refractivity contribution < 1.29 is 0 Å². The largest absolute Gasteiger partial charge is 0.306 e. The molecule has 0 spiro atoms. The third-order valence-electron chi connectivity index (χ3n) is 12.9. The Bertz CT molecular complexity index is 3290. The zero-order valence-electron chi connectivity index (χ0n) is 35.1. The standard InChI is InChI=1S/C54H48N2S2/c1-29-13-11-14-30(2)45(29)33-17-21-37-41(25-33)55-39-23-19-35(53(5,6)7)27-43(39)57-52-48-38-22-18-34(46-31(3)15-12-16-32(46)4)26-42(38)56-40-24-20-36(54(8,9)10)28-44(40)58-51(50(48)56)47(37)49(52)55/h11-28H,1-10H3. The molecular formula is C54H48N2S2. The molecule has 0 fully saturated rings. The van der Waals surface area contributed by atoms with Crippen LogP contribution in [0.15, 0.2) is 109 Å². The molecule has 0 bridgehead atoms. The van der Waals surface area contributed by atoms with E-state index in [1.165, 1.54) is 129 Å². The average Bonchev–Trinajstić information content (AvgIpc) is 3.70. The molecule has 4 heteroatoms. The molecule has 0 amide bonds. The van der Waals surface area contributed by atoms with E-state index in [4.69, 9.17) is 0 Å². The van der Waals surface area contributed by atoms with Gasteiger partial charge in [-0.2, -0.15) is 0 Å². The molecule has 0 radical (unpaired) electrons. The summed E-state index contributed by atoms with van der Waals surface area (Å²) in [6.45, 7) is 22.9. The van der Waals surface area contributed by atoms with Gasteiger partial charge in [-0.3, -0.25) is 0 Å². The quantitative estimate of drug-likeness (QED) is 0.154. The van der Waals surface area contributed by atoms with Crippen molar-refractivity contribution in [3.05, 3.63) is 143 Å². The Morgan fingerprint density at radius 1 is 0.414 bits per heavy atom. The van der Waals surface area contributed by atoms with Crippen LogP contribution in [-0.2, 0) is 10.8 Å². The van der Waals surface area contributed by atoms with Crippen LogP contribution in [0.4, 0.5) is 0 Å². The first-order valence-corrected chi connectivity index (χ1v) is 22.2. The number of hydrogen-bond donors (Lipinski definition) is 0. The van der Waals surface area contributed by atoms with Crippen LogP contribution in [0.3, 0.4) is 0 Å². The molecule has 0 unspecified atom stereocenters. The zero-order chi connectivity index (χ0) is 40.2. The predicted molar refractivity (Wildman–Crippen MR) is 256 cm³/mol. The van der Waals surface area contributed by atoms with Crippen molar-refractivity contribution in [3.63, 3.8) is 0 Å². The summed E-state index contributed by atoms with van der Waals surface area (Å²) in [5.74, 6) is 0. The first kappa shape index (κ1) is 35.7. The van der Waals surface area contributed by atoms with Gasteiger partial charge in [-0.25, -0.2) is 0 Å². The number of aryl methyl sites for hydroxylation is 4. The maximum atomic E-state index is 2.63. The van der Waals surface area contributed by atoms with Gasteiger partial charge in [0, 0.05) is 21.5 Å². The van der Waals surface area contributed by atoms with Gasteiger partial charge in [0.2, 0.25) is 0 Å². The van der Waals surface area contributed by atoms with E-state index in [0.29, 0.717) is 0 Å². The topological polar surface area (TPSA) is 8.82 Å². The summed E-state index contributed by atoms with van der Waals surface area (Å²) in [6.07, 6.45) is 0. The molecule has 0 saturated carbocycles. The van der Waals surface area contributed by atoms with E-state index in [-0.39, 0.29) is 10.8 Å². The minimum Gasteiger partial charge on any atom is -0.306 e. The van der Waals surface area contributed by atoms with Crippen molar-refractivity contribution in [1.82, 2.24) is 8.80 Å². The first-order chi connectivity index (χ1) is 27.7. The highest BCUT2D eigenvalue weighted by Crippen LogP contribution is 2.52. The van der Waals surface area contributed by atoms with E-state index in [9.17, 15) is 0 Å². The lowest BCUT2D eigenvalue weighted by molar-refractivity contribution is 0.591. The van der Waals surface area contributed by atoms with Crippen LogP contribution >= 0.6 is 22.7 Å². The van der Waals surface area contributed by atoms with E-state index in [0.717, 1.165) is 0 Å². The Balaban J connectivity index is 1.40. The summed E-state index contributed by atoms with van der Waals surface area (Å²) in [5, 5.41) is 5.35.